The van der Waals surface area contributed by atoms with Crippen LogP contribution in [-0.4, -0.2) is 24.6 Å². The summed E-state index contributed by atoms with van der Waals surface area (Å²) >= 11 is 0. The van der Waals surface area contributed by atoms with Gasteiger partial charge in [-0.3, -0.25) is 4.79 Å². The minimum atomic E-state index is -0.160. The molecule has 0 saturated heterocycles. The molecule has 4 nitrogen and oxygen atoms in total. The Morgan fingerprint density at radius 2 is 2.20 bits per heavy atom. The number of halogens is 1. The maximum atomic E-state index is 11.6. The summed E-state index contributed by atoms with van der Waals surface area (Å²) in [5.74, 6) is 0.812. The van der Waals surface area contributed by atoms with Gasteiger partial charge in [-0.05, 0) is 43.9 Å². The van der Waals surface area contributed by atoms with Crippen molar-refractivity contribution in [2.45, 2.75) is 38.1 Å². The van der Waals surface area contributed by atoms with Gasteiger partial charge in [0.15, 0.2) is 0 Å². The van der Waals surface area contributed by atoms with Gasteiger partial charge in [0.1, 0.15) is 5.75 Å². The quantitative estimate of drug-likeness (QED) is 0.846. The molecule has 0 bridgehead atoms. The number of carbonyl (C=O) groups is 1. The van der Waals surface area contributed by atoms with E-state index < -0.39 is 0 Å². The third-order valence-electron chi connectivity index (χ3n) is 3.57. The van der Waals surface area contributed by atoms with Crippen LogP contribution >= 0.6 is 12.4 Å². The van der Waals surface area contributed by atoms with Gasteiger partial charge in [-0.25, -0.2) is 0 Å². The van der Waals surface area contributed by atoms with Crippen LogP contribution in [0.4, 0.5) is 0 Å². The molecule has 20 heavy (non-hydrogen) atoms. The predicted molar refractivity (Wildman–Crippen MR) is 82.3 cm³/mol. The van der Waals surface area contributed by atoms with Crippen molar-refractivity contribution in [3.63, 3.8) is 0 Å². The van der Waals surface area contributed by atoms with Crippen LogP contribution in [0.15, 0.2) is 24.3 Å². The molecule has 1 amide bonds. The van der Waals surface area contributed by atoms with Crippen molar-refractivity contribution in [2.75, 3.05) is 13.2 Å². The number of ether oxygens (including phenoxy) is 1. The Hall–Kier alpha value is -1.26. The smallest absolute Gasteiger partial charge is 0.223 e. The van der Waals surface area contributed by atoms with Crippen LogP contribution in [0.2, 0.25) is 0 Å². The molecule has 1 aromatic carbocycles. The van der Waals surface area contributed by atoms with Crippen LogP contribution < -0.4 is 15.8 Å². The fourth-order valence-electron chi connectivity index (χ4n) is 2.14. The van der Waals surface area contributed by atoms with Crippen molar-refractivity contribution in [2.24, 2.45) is 5.73 Å². The van der Waals surface area contributed by atoms with Gasteiger partial charge >= 0.3 is 0 Å². The molecular formula is C15H23ClN2O2. The lowest BCUT2D eigenvalue weighted by molar-refractivity contribution is -0.122. The highest BCUT2D eigenvalue weighted by Crippen LogP contribution is 2.27. The summed E-state index contributed by atoms with van der Waals surface area (Å²) < 4.78 is 5.54. The van der Waals surface area contributed by atoms with Crippen LogP contribution in [0, 0.1) is 6.92 Å². The first-order valence-electron chi connectivity index (χ1n) is 6.82. The van der Waals surface area contributed by atoms with E-state index in [2.05, 4.69) is 5.32 Å². The first kappa shape index (κ1) is 16.8. The Bertz CT molecular complexity index is 447. The SMILES string of the molecule is Cc1cccc(OCCC(=O)NCC2(N)CCC2)c1.Cl. The number of hydrogen-bond donors (Lipinski definition) is 2. The van der Waals surface area contributed by atoms with Crippen LogP contribution in [0.5, 0.6) is 5.75 Å². The van der Waals surface area contributed by atoms with Gasteiger partial charge in [0.05, 0.1) is 13.0 Å². The molecule has 1 aromatic rings. The normalized spacial score (nSPS) is 15.7. The van der Waals surface area contributed by atoms with Gasteiger partial charge in [-0.2, -0.15) is 0 Å². The summed E-state index contributed by atoms with van der Waals surface area (Å²) in [6.45, 7) is 2.99. The van der Waals surface area contributed by atoms with Gasteiger partial charge in [0.25, 0.3) is 0 Å². The minimum Gasteiger partial charge on any atom is -0.493 e. The average molecular weight is 299 g/mol. The molecule has 1 saturated carbocycles. The Labute approximate surface area is 126 Å². The molecule has 112 valence electrons. The van der Waals surface area contributed by atoms with E-state index in [4.69, 9.17) is 10.5 Å². The Morgan fingerprint density at radius 1 is 1.45 bits per heavy atom. The van der Waals surface area contributed by atoms with E-state index in [1.807, 2.05) is 31.2 Å². The number of aryl methyl sites for hydroxylation is 1. The highest BCUT2D eigenvalue weighted by atomic mass is 35.5. The second-order valence-corrected chi connectivity index (χ2v) is 5.41. The van der Waals surface area contributed by atoms with Gasteiger partial charge in [-0.1, -0.05) is 12.1 Å². The third kappa shape index (κ3) is 5.02. The zero-order valence-corrected chi connectivity index (χ0v) is 12.7. The monoisotopic (exact) mass is 298 g/mol. The lowest BCUT2D eigenvalue weighted by Crippen LogP contribution is -2.55. The number of nitrogens with two attached hydrogens (primary N) is 1. The molecule has 0 atom stereocenters. The molecule has 3 N–H and O–H groups in total. The van der Waals surface area contributed by atoms with Gasteiger partial charge < -0.3 is 15.8 Å². The number of amides is 1. The summed E-state index contributed by atoms with van der Waals surface area (Å²) in [5.41, 5.74) is 7.03. The number of rotatable bonds is 6. The minimum absolute atomic E-state index is 0. The van der Waals surface area contributed by atoms with Gasteiger partial charge in [0, 0.05) is 12.1 Å². The van der Waals surface area contributed by atoms with Crippen LogP contribution in [-0.2, 0) is 4.79 Å². The molecule has 0 aliphatic heterocycles. The molecule has 0 spiro atoms. The van der Waals surface area contributed by atoms with E-state index in [0.29, 0.717) is 19.6 Å². The molecule has 1 aliphatic rings. The predicted octanol–water partition coefficient (Wildman–Crippen LogP) is 2.18. The zero-order chi connectivity index (χ0) is 13.7. The average Bonchev–Trinajstić information content (AvgIpc) is 2.34. The van der Waals surface area contributed by atoms with Crippen molar-refractivity contribution >= 4 is 18.3 Å². The summed E-state index contributed by atoms with van der Waals surface area (Å²) in [6.07, 6.45) is 3.55. The van der Waals surface area contributed by atoms with Gasteiger partial charge in [0.2, 0.25) is 5.91 Å². The topological polar surface area (TPSA) is 64.3 Å². The van der Waals surface area contributed by atoms with E-state index in [-0.39, 0.29) is 23.9 Å². The maximum Gasteiger partial charge on any atom is 0.223 e. The second-order valence-electron chi connectivity index (χ2n) is 5.41. The molecular weight excluding hydrogens is 276 g/mol. The summed E-state index contributed by atoms with van der Waals surface area (Å²) in [7, 11) is 0. The van der Waals surface area contributed by atoms with Crippen molar-refractivity contribution in [3.8, 4) is 5.75 Å². The van der Waals surface area contributed by atoms with Crippen LogP contribution in [0.1, 0.15) is 31.2 Å². The molecule has 0 unspecified atom stereocenters. The van der Waals surface area contributed by atoms with Crippen molar-refractivity contribution in [1.82, 2.24) is 5.32 Å². The van der Waals surface area contributed by atoms with Crippen LogP contribution in [0.25, 0.3) is 0 Å². The van der Waals surface area contributed by atoms with E-state index in [0.717, 1.165) is 24.2 Å². The molecule has 1 aliphatic carbocycles. The number of nitrogens with one attached hydrogen (secondary N) is 1. The number of hydrogen-bond acceptors (Lipinski definition) is 3. The number of carbonyl (C=O) groups excluding carboxylic acids is 1. The van der Waals surface area contributed by atoms with Crippen LogP contribution in [0.3, 0.4) is 0 Å². The molecule has 2 rings (SSSR count). The highest BCUT2D eigenvalue weighted by molar-refractivity contribution is 5.85. The number of benzene rings is 1. The van der Waals surface area contributed by atoms with Gasteiger partial charge in [-0.15, -0.1) is 12.4 Å². The third-order valence-corrected chi connectivity index (χ3v) is 3.57. The fraction of sp³-hybridized carbons (Fsp3) is 0.533. The lowest BCUT2D eigenvalue weighted by atomic mass is 9.78. The Balaban J connectivity index is 0.00000200. The van der Waals surface area contributed by atoms with E-state index in [1.54, 1.807) is 0 Å². The lowest BCUT2D eigenvalue weighted by Gasteiger charge is -2.38. The standard InChI is InChI=1S/C15H22N2O2.ClH/c1-12-4-2-5-13(10-12)19-9-6-14(18)17-11-15(16)7-3-8-15;/h2,4-5,10H,3,6-9,11,16H2,1H3,(H,17,18);1H. The maximum absolute atomic E-state index is 11.6. The molecule has 0 radical (unpaired) electrons. The zero-order valence-electron chi connectivity index (χ0n) is 11.9. The first-order chi connectivity index (χ1) is 9.07. The highest BCUT2D eigenvalue weighted by Gasteiger charge is 2.32. The van der Waals surface area contributed by atoms with Crippen molar-refractivity contribution in [3.05, 3.63) is 29.8 Å². The molecule has 1 fully saturated rings. The fourth-order valence-corrected chi connectivity index (χ4v) is 2.14. The summed E-state index contributed by atoms with van der Waals surface area (Å²) in [4.78, 5) is 11.6. The summed E-state index contributed by atoms with van der Waals surface area (Å²) in [6, 6.07) is 7.81. The summed E-state index contributed by atoms with van der Waals surface area (Å²) in [5, 5.41) is 2.88. The molecule has 0 heterocycles. The van der Waals surface area contributed by atoms with Crippen molar-refractivity contribution < 1.29 is 9.53 Å². The largest absolute Gasteiger partial charge is 0.493 e. The van der Waals surface area contributed by atoms with E-state index in [9.17, 15) is 4.79 Å². The van der Waals surface area contributed by atoms with E-state index in [1.165, 1.54) is 6.42 Å². The molecule has 5 heteroatoms. The molecule has 0 aromatic heterocycles. The second kappa shape index (κ2) is 7.50. The first-order valence-corrected chi connectivity index (χ1v) is 6.82. The van der Waals surface area contributed by atoms with Crippen molar-refractivity contribution in [1.29, 1.82) is 0 Å². The Kier molecular flexibility index (Phi) is 6.30. The van der Waals surface area contributed by atoms with E-state index >= 15 is 0 Å². The Morgan fingerprint density at radius 3 is 2.80 bits per heavy atom.